The maximum Gasteiger partial charge on any atom is 0.261 e. The summed E-state index contributed by atoms with van der Waals surface area (Å²) in [5.41, 5.74) is 1.83. The third kappa shape index (κ3) is 4.70. The Balaban J connectivity index is 2.08. The molecule has 21 heavy (non-hydrogen) atoms. The van der Waals surface area contributed by atoms with Gasteiger partial charge in [0, 0.05) is 18.8 Å². The van der Waals surface area contributed by atoms with Crippen LogP contribution in [0.15, 0.2) is 12.1 Å². The van der Waals surface area contributed by atoms with Gasteiger partial charge in [-0.3, -0.25) is 9.78 Å². The lowest BCUT2D eigenvalue weighted by Crippen LogP contribution is -2.36. The highest BCUT2D eigenvalue weighted by Gasteiger charge is 2.23. The number of amides is 1. The number of nitrogens with zero attached hydrogens (tertiary/aromatic N) is 1. The second kappa shape index (κ2) is 7.98. The van der Waals surface area contributed by atoms with Crippen molar-refractivity contribution in [3.05, 3.63) is 23.5 Å². The zero-order chi connectivity index (χ0) is 15.1. The maximum atomic E-state index is 12.0. The molecule has 0 aromatic carbocycles. The fourth-order valence-electron chi connectivity index (χ4n) is 2.39. The Bertz CT molecular complexity index is 477. The Hall–Kier alpha value is -1.62. The molecule has 1 fully saturated rings. The monoisotopic (exact) mass is 291 g/mol. The van der Waals surface area contributed by atoms with Gasteiger partial charge in [0.05, 0.1) is 5.69 Å². The molecule has 1 unspecified atom stereocenters. The fourth-order valence-corrected chi connectivity index (χ4v) is 2.39. The van der Waals surface area contributed by atoms with Crippen molar-refractivity contribution in [2.24, 2.45) is 0 Å². The van der Waals surface area contributed by atoms with Crippen LogP contribution in [-0.4, -0.2) is 30.1 Å². The van der Waals surface area contributed by atoms with Crippen LogP contribution in [0.1, 0.15) is 44.0 Å². The van der Waals surface area contributed by atoms with Crippen molar-refractivity contribution in [1.82, 2.24) is 15.6 Å². The molecule has 1 aliphatic heterocycles. The highest BCUT2D eigenvalue weighted by Crippen LogP contribution is 2.21. The Morgan fingerprint density at radius 1 is 1.43 bits per heavy atom. The Labute approximate surface area is 126 Å². The molecule has 1 amide bonds. The van der Waals surface area contributed by atoms with E-state index in [1.807, 2.05) is 19.1 Å². The molecule has 0 aliphatic carbocycles. The molecule has 2 rings (SSSR count). The molecule has 1 atom stereocenters. The number of nitrogens with one attached hydrogen (secondary N) is 2. The summed E-state index contributed by atoms with van der Waals surface area (Å²) in [4.78, 5) is 16.5. The van der Waals surface area contributed by atoms with Crippen molar-refractivity contribution < 1.29 is 9.53 Å². The average Bonchev–Trinajstić information content (AvgIpc) is 2.67. The summed E-state index contributed by atoms with van der Waals surface area (Å²) in [6, 6.07) is 3.84. The first-order valence-corrected chi connectivity index (χ1v) is 7.82. The molecule has 5 nitrogen and oxygen atoms in total. The number of aryl methyl sites for hydroxylation is 1. The topological polar surface area (TPSA) is 63.3 Å². The van der Waals surface area contributed by atoms with Crippen LogP contribution in [-0.2, 0) is 11.3 Å². The number of rotatable bonds is 6. The molecule has 5 heteroatoms. The summed E-state index contributed by atoms with van der Waals surface area (Å²) >= 11 is 0. The van der Waals surface area contributed by atoms with Gasteiger partial charge in [-0.05, 0) is 51.3 Å². The molecule has 2 heterocycles. The predicted octanol–water partition coefficient (Wildman–Crippen LogP) is 1.94. The van der Waals surface area contributed by atoms with Crippen LogP contribution in [0.25, 0.3) is 0 Å². The third-order valence-electron chi connectivity index (χ3n) is 3.54. The molecule has 2 N–H and O–H groups in total. The molecule has 1 aliphatic rings. The van der Waals surface area contributed by atoms with Crippen molar-refractivity contribution in [2.45, 2.75) is 52.2 Å². The molecular weight excluding hydrogens is 266 g/mol. The van der Waals surface area contributed by atoms with Crippen molar-refractivity contribution in [3.8, 4) is 5.75 Å². The zero-order valence-electron chi connectivity index (χ0n) is 12.9. The fraction of sp³-hybridized carbons (Fsp3) is 0.625. The highest BCUT2D eigenvalue weighted by molar-refractivity contribution is 5.81. The first-order valence-electron chi connectivity index (χ1n) is 7.82. The Morgan fingerprint density at radius 3 is 3.10 bits per heavy atom. The summed E-state index contributed by atoms with van der Waals surface area (Å²) in [7, 11) is 0. The van der Waals surface area contributed by atoms with E-state index in [2.05, 4.69) is 22.5 Å². The number of hydrogen-bond donors (Lipinski definition) is 2. The van der Waals surface area contributed by atoms with E-state index in [4.69, 9.17) is 4.74 Å². The number of carbonyl (C=O) groups excluding carboxylic acids is 1. The minimum atomic E-state index is -0.401. The average molecular weight is 291 g/mol. The van der Waals surface area contributed by atoms with Crippen LogP contribution in [0.2, 0.25) is 0 Å². The van der Waals surface area contributed by atoms with Crippen LogP contribution in [0.4, 0.5) is 0 Å². The minimum absolute atomic E-state index is 0.0134. The summed E-state index contributed by atoms with van der Waals surface area (Å²) in [5, 5.41) is 6.23. The van der Waals surface area contributed by atoms with Crippen molar-refractivity contribution in [1.29, 1.82) is 0 Å². The number of aromatic nitrogens is 1. The predicted molar refractivity (Wildman–Crippen MR) is 82.2 cm³/mol. The SMILES string of the molecule is CCCNCc1nc(C)ccc1OC1CCCCNC1=O. The highest BCUT2D eigenvalue weighted by atomic mass is 16.5. The van der Waals surface area contributed by atoms with Crippen LogP contribution in [0, 0.1) is 6.92 Å². The summed E-state index contributed by atoms with van der Waals surface area (Å²) in [6.07, 6.45) is 3.46. The summed E-state index contributed by atoms with van der Waals surface area (Å²) in [6.45, 7) is 6.45. The van der Waals surface area contributed by atoms with Crippen molar-refractivity contribution in [2.75, 3.05) is 13.1 Å². The zero-order valence-corrected chi connectivity index (χ0v) is 12.9. The number of ether oxygens (including phenoxy) is 1. The second-order valence-electron chi connectivity index (χ2n) is 5.47. The smallest absolute Gasteiger partial charge is 0.261 e. The van der Waals surface area contributed by atoms with Gasteiger partial charge in [0.15, 0.2) is 6.10 Å². The van der Waals surface area contributed by atoms with Crippen LogP contribution in [0.3, 0.4) is 0 Å². The van der Waals surface area contributed by atoms with Gasteiger partial charge >= 0.3 is 0 Å². The largest absolute Gasteiger partial charge is 0.479 e. The van der Waals surface area contributed by atoms with Crippen molar-refractivity contribution >= 4 is 5.91 Å². The quantitative estimate of drug-likeness (QED) is 0.786. The summed E-state index contributed by atoms with van der Waals surface area (Å²) in [5.74, 6) is 0.701. The standard InChI is InChI=1S/C16H25N3O2/c1-3-9-17-11-13-14(8-7-12(2)19-13)21-15-6-4-5-10-18-16(15)20/h7-8,15,17H,3-6,9-11H2,1-2H3,(H,18,20). The van der Waals surface area contributed by atoms with Crippen LogP contribution < -0.4 is 15.4 Å². The molecule has 0 spiro atoms. The van der Waals surface area contributed by atoms with Gasteiger partial charge in [0.2, 0.25) is 0 Å². The van der Waals surface area contributed by atoms with Gasteiger partial charge in [-0.2, -0.15) is 0 Å². The molecule has 1 saturated heterocycles. The first-order chi connectivity index (χ1) is 10.2. The van der Waals surface area contributed by atoms with Crippen LogP contribution in [0.5, 0.6) is 5.75 Å². The van der Waals surface area contributed by atoms with E-state index >= 15 is 0 Å². The van der Waals surface area contributed by atoms with E-state index in [1.165, 1.54) is 0 Å². The lowest BCUT2D eigenvalue weighted by molar-refractivity contribution is -0.127. The first kappa shape index (κ1) is 15.8. The molecule has 0 saturated carbocycles. The number of hydrogen-bond acceptors (Lipinski definition) is 4. The molecule has 1 aromatic heterocycles. The molecule has 1 aromatic rings. The van der Waals surface area contributed by atoms with Gasteiger partial charge in [0.25, 0.3) is 5.91 Å². The van der Waals surface area contributed by atoms with Gasteiger partial charge in [0.1, 0.15) is 5.75 Å². The second-order valence-corrected chi connectivity index (χ2v) is 5.47. The van der Waals surface area contributed by atoms with E-state index in [9.17, 15) is 4.79 Å². The Morgan fingerprint density at radius 2 is 2.29 bits per heavy atom. The maximum absolute atomic E-state index is 12.0. The van der Waals surface area contributed by atoms with Gasteiger partial charge in [-0.1, -0.05) is 6.92 Å². The minimum Gasteiger partial charge on any atom is -0.479 e. The molecule has 0 bridgehead atoms. The molecule has 0 radical (unpaired) electrons. The lowest BCUT2D eigenvalue weighted by Gasteiger charge is -2.18. The van der Waals surface area contributed by atoms with Gasteiger partial charge < -0.3 is 15.4 Å². The number of carbonyl (C=O) groups is 1. The van der Waals surface area contributed by atoms with E-state index in [0.29, 0.717) is 12.3 Å². The third-order valence-corrected chi connectivity index (χ3v) is 3.54. The lowest BCUT2D eigenvalue weighted by atomic mass is 10.2. The van der Waals surface area contributed by atoms with E-state index < -0.39 is 6.10 Å². The number of pyridine rings is 1. The van der Waals surface area contributed by atoms with Crippen molar-refractivity contribution in [3.63, 3.8) is 0 Å². The van der Waals surface area contributed by atoms with Crippen LogP contribution >= 0.6 is 0 Å². The molecular formula is C16H25N3O2. The normalized spacial score (nSPS) is 19.0. The van der Waals surface area contributed by atoms with Gasteiger partial charge in [-0.25, -0.2) is 0 Å². The van der Waals surface area contributed by atoms with E-state index in [0.717, 1.165) is 50.2 Å². The summed E-state index contributed by atoms with van der Waals surface area (Å²) < 4.78 is 5.95. The molecule has 116 valence electrons. The van der Waals surface area contributed by atoms with E-state index in [-0.39, 0.29) is 5.91 Å². The van der Waals surface area contributed by atoms with E-state index in [1.54, 1.807) is 0 Å². The Kier molecular flexibility index (Phi) is 5.99. The van der Waals surface area contributed by atoms with Gasteiger partial charge in [-0.15, -0.1) is 0 Å².